The molecule has 22 heavy (non-hydrogen) atoms. The minimum absolute atomic E-state index is 0.0889. The first-order valence-electron chi connectivity index (χ1n) is 7.99. The summed E-state index contributed by atoms with van der Waals surface area (Å²) in [6.07, 6.45) is 3.65. The molecule has 1 N–H and O–H groups in total. The summed E-state index contributed by atoms with van der Waals surface area (Å²) < 4.78 is 1.92. The van der Waals surface area contributed by atoms with Crippen molar-refractivity contribution >= 4 is 16.8 Å². The summed E-state index contributed by atoms with van der Waals surface area (Å²) in [6.45, 7) is 4.32. The lowest BCUT2D eigenvalue weighted by Gasteiger charge is -2.32. The number of aliphatic hydroxyl groups excluding tert-OH is 1. The Hall–Kier alpha value is -1.88. The van der Waals surface area contributed by atoms with Crippen LogP contribution in [0.2, 0.25) is 0 Å². The molecule has 1 unspecified atom stereocenters. The number of nitrogens with zero attached hydrogens (tertiary/aromatic N) is 3. The number of fused-ring (bicyclic) bond motifs is 1. The highest BCUT2D eigenvalue weighted by atomic mass is 16.3. The van der Waals surface area contributed by atoms with Gasteiger partial charge in [-0.2, -0.15) is 5.10 Å². The Labute approximate surface area is 130 Å². The Morgan fingerprint density at radius 3 is 2.82 bits per heavy atom. The first-order valence-corrected chi connectivity index (χ1v) is 7.99. The van der Waals surface area contributed by atoms with Crippen LogP contribution < -0.4 is 0 Å². The van der Waals surface area contributed by atoms with Crippen molar-refractivity contribution in [3.63, 3.8) is 0 Å². The lowest BCUT2D eigenvalue weighted by atomic mass is 9.97. The van der Waals surface area contributed by atoms with Crippen LogP contribution in [0, 0.1) is 11.8 Å². The zero-order valence-corrected chi connectivity index (χ0v) is 13.0. The van der Waals surface area contributed by atoms with Gasteiger partial charge in [0.25, 0.3) is 0 Å². The number of carbonyl (C=O) groups excluding carboxylic acids is 1. The number of benzene rings is 1. The fourth-order valence-electron chi connectivity index (χ4n) is 3.16. The minimum Gasteiger partial charge on any atom is -0.396 e. The summed E-state index contributed by atoms with van der Waals surface area (Å²) in [4.78, 5) is 14.5. The van der Waals surface area contributed by atoms with Gasteiger partial charge in [0.1, 0.15) is 0 Å². The Morgan fingerprint density at radius 2 is 2.09 bits per heavy atom. The predicted octanol–water partition coefficient (Wildman–Crippen LogP) is 1.90. The van der Waals surface area contributed by atoms with Gasteiger partial charge in [-0.15, -0.1) is 0 Å². The number of carbonyl (C=O) groups is 1. The topological polar surface area (TPSA) is 58.4 Å². The van der Waals surface area contributed by atoms with Gasteiger partial charge in [0, 0.05) is 25.1 Å². The molecule has 1 amide bonds. The number of likely N-dealkylation sites (tertiary alicyclic amines) is 1. The average molecular weight is 301 g/mol. The fourth-order valence-corrected chi connectivity index (χ4v) is 3.16. The molecule has 0 spiro atoms. The van der Waals surface area contributed by atoms with E-state index in [1.165, 1.54) is 0 Å². The molecule has 0 saturated carbocycles. The zero-order chi connectivity index (χ0) is 15.5. The molecule has 1 aromatic carbocycles. The maximum absolute atomic E-state index is 12.6. The Morgan fingerprint density at radius 1 is 1.36 bits per heavy atom. The highest BCUT2D eigenvalue weighted by Crippen LogP contribution is 2.20. The molecule has 3 rings (SSSR count). The Bertz CT molecular complexity index is 644. The van der Waals surface area contributed by atoms with E-state index in [4.69, 9.17) is 0 Å². The van der Waals surface area contributed by atoms with Crippen molar-refractivity contribution in [1.29, 1.82) is 0 Å². The molecule has 1 saturated heterocycles. The maximum Gasteiger partial charge on any atom is 0.227 e. The standard InChI is InChI=1S/C17H23N3O2/c1-13(17(22)19-8-6-14(12-21)7-9-19)11-20-16-5-3-2-4-15(16)10-18-20/h2-5,10,13-14,21H,6-9,11-12H2,1H3. The van der Waals surface area contributed by atoms with Gasteiger partial charge in [-0.25, -0.2) is 0 Å². The third-order valence-corrected chi connectivity index (χ3v) is 4.60. The second-order valence-electron chi connectivity index (χ2n) is 6.24. The van der Waals surface area contributed by atoms with Crippen molar-refractivity contribution in [2.75, 3.05) is 19.7 Å². The molecule has 1 aliphatic heterocycles. The smallest absolute Gasteiger partial charge is 0.227 e. The van der Waals surface area contributed by atoms with Crippen LogP contribution in [0.15, 0.2) is 30.5 Å². The molecule has 0 aliphatic carbocycles. The second kappa shape index (κ2) is 6.48. The summed E-state index contributed by atoms with van der Waals surface area (Å²) in [5.74, 6) is 0.458. The van der Waals surface area contributed by atoms with Gasteiger partial charge in [-0.1, -0.05) is 25.1 Å². The number of rotatable bonds is 4. The fraction of sp³-hybridized carbons (Fsp3) is 0.529. The van der Waals surface area contributed by atoms with Crippen LogP contribution in [-0.4, -0.2) is 45.4 Å². The van der Waals surface area contributed by atoms with Crippen LogP contribution in [0.1, 0.15) is 19.8 Å². The van der Waals surface area contributed by atoms with Crippen LogP contribution in [0.3, 0.4) is 0 Å². The largest absolute Gasteiger partial charge is 0.396 e. The van der Waals surface area contributed by atoms with E-state index in [-0.39, 0.29) is 18.4 Å². The van der Waals surface area contributed by atoms with E-state index in [2.05, 4.69) is 5.10 Å². The van der Waals surface area contributed by atoms with Crippen LogP contribution >= 0.6 is 0 Å². The van der Waals surface area contributed by atoms with E-state index in [0.717, 1.165) is 36.8 Å². The van der Waals surface area contributed by atoms with Crippen LogP contribution in [0.5, 0.6) is 0 Å². The lowest BCUT2D eigenvalue weighted by Crippen LogP contribution is -2.42. The third kappa shape index (κ3) is 2.99. The molecular weight excluding hydrogens is 278 g/mol. The van der Waals surface area contributed by atoms with Crippen molar-refractivity contribution in [2.24, 2.45) is 11.8 Å². The van der Waals surface area contributed by atoms with E-state index in [0.29, 0.717) is 12.5 Å². The van der Waals surface area contributed by atoms with Gasteiger partial charge in [0.15, 0.2) is 0 Å². The van der Waals surface area contributed by atoms with Crippen molar-refractivity contribution in [3.8, 4) is 0 Å². The summed E-state index contributed by atoms with van der Waals surface area (Å²) >= 11 is 0. The monoisotopic (exact) mass is 301 g/mol. The van der Waals surface area contributed by atoms with Crippen molar-refractivity contribution in [2.45, 2.75) is 26.3 Å². The van der Waals surface area contributed by atoms with E-state index in [1.54, 1.807) is 0 Å². The molecule has 0 bridgehead atoms. The molecule has 5 heteroatoms. The molecule has 118 valence electrons. The Balaban J connectivity index is 1.64. The van der Waals surface area contributed by atoms with Crippen LogP contribution in [-0.2, 0) is 11.3 Å². The van der Waals surface area contributed by atoms with Crippen molar-refractivity contribution in [3.05, 3.63) is 30.5 Å². The number of aliphatic hydroxyl groups is 1. The predicted molar refractivity (Wildman–Crippen MR) is 85.3 cm³/mol. The van der Waals surface area contributed by atoms with Crippen LogP contribution in [0.25, 0.3) is 10.9 Å². The molecule has 0 radical (unpaired) electrons. The van der Waals surface area contributed by atoms with Gasteiger partial charge in [-0.3, -0.25) is 9.48 Å². The number of piperidine rings is 1. The molecule has 2 aromatic rings. The minimum atomic E-state index is -0.0889. The van der Waals surface area contributed by atoms with Gasteiger partial charge >= 0.3 is 0 Å². The highest BCUT2D eigenvalue weighted by Gasteiger charge is 2.26. The third-order valence-electron chi connectivity index (χ3n) is 4.60. The molecule has 5 nitrogen and oxygen atoms in total. The Kier molecular flexibility index (Phi) is 4.43. The summed E-state index contributed by atoms with van der Waals surface area (Å²) in [6, 6.07) is 8.05. The van der Waals surface area contributed by atoms with Crippen molar-refractivity contribution in [1.82, 2.24) is 14.7 Å². The van der Waals surface area contributed by atoms with E-state index >= 15 is 0 Å². The molecular formula is C17H23N3O2. The normalized spacial score (nSPS) is 17.8. The second-order valence-corrected chi connectivity index (χ2v) is 6.24. The average Bonchev–Trinajstić information content (AvgIpc) is 2.97. The van der Waals surface area contributed by atoms with E-state index in [1.807, 2.05) is 47.0 Å². The molecule has 1 fully saturated rings. The molecule has 1 aromatic heterocycles. The number of aromatic nitrogens is 2. The summed E-state index contributed by atoms with van der Waals surface area (Å²) in [5, 5.41) is 14.7. The zero-order valence-electron chi connectivity index (χ0n) is 13.0. The lowest BCUT2D eigenvalue weighted by molar-refractivity contribution is -0.137. The maximum atomic E-state index is 12.6. The molecule has 1 atom stereocenters. The van der Waals surface area contributed by atoms with E-state index < -0.39 is 0 Å². The van der Waals surface area contributed by atoms with Crippen molar-refractivity contribution < 1.29 is 9.90 Å². The van der Waals surface area contributed by atoms with Gasteiger partial charge in [0.2, 0.25) is 5.91 Å². The first-order chi connectivity index (χ1) is 10.7. The number of amides is 1. The first kappa shape index (κ1) is 15.0. The number of hydrogen-bond acceptors (Lipinski definition) is 3. The SMILES string of the molecule is CC(Cn1ncc2ccccc21)C(=O)N1CCC(CO)CC1. The quantitative estimate of drug-likeness (QED) is 0.938. The number of hydrogen-bond donors (Lipinski definition) is 1. The molecule has 1 aliphatic rings. The molecule has 2 heterocycles. The van der Waals surface area contributed by atoms with E-state index in [9.17, 15) is 9.90 Å². The summed E-state index contributed by atoms with van der Waals surface area (Å²) in [5.41, 5.74) is 1.07. The van der Waals surface area contributed by atoms with Gasteiger partial charge in [0.05, 0.1) is 24.2 Å². The number of para-hydroxylation sites is 1. The van der Waals surface area contributed by atoms with Gasteiger partial charge < -0.3 is 10.0 Å². The van der Waals surface area contributed by atoms with Gasteiger partial charge in [-0.05, 0) is 24.8 Å². The van der Waals surface area contributed by atoms with Crippen LogP contribution in [0.4, 0.5) is 0 Å². The highest BCUT2D eigenvalue weighted by molar-refractivity contribution is 5.80. The summed E-state index contributed by atoms with van der Waals surface area (Å²) in [7, 11) is 0.